The predicted octanol–water partition coefficient (Wildman–Crippen LogP) is 2.44. The molecule has 3 heterocycles. The Morgan fingerprint density at radius 2 is 2.12 bits per heavy atom. The summed E-state index contributed by atoms with van der Waals surface area (Å²) in [4.78, 5) is 20.2. The first-order valence-electron chi connectivity index (χ1n) is 7.32. The summed E-state index contributed by atoms with van der Waals surface area (Å²) in [6.07, 6.45) is 1.55. The fourth-order valence-corrected chi connectivity index (χ4v) is 2.49. The lowest BCUT2D eigenvalue weighted by molar-refractivity contribution is 0.0907. The smallest absolute Gasteiger partial charge is 0.316 e. The van der Waals surface area contributed by atoms with Crippen LogP contribution in [0.1, 0.15) is 16.2 Å². The molecule has 1 N–H and O–H groups in total. The van der Waals surface area contributed by atoms with Crippen molar-refractivity contribution in [3.8, 4) is 22.9 Å². The fraction of sp³-hybridized carbons (Fsp3) is 0.125. The van der Waals surface area contributed by atoms with Crippen molar-refractivity contribution in [3.63, 3.8) is 0 Å². The maximum Gasteiger partial charge on any atom is 0.316 e. The molecule has 1 amide bonds. The van der Waals surface area contributed by atoms with E-state index in [4.69, 9.17) is 25.6 Å². The van der Waals surface area contributed by atoms with Gasteiger partial charge in [-0.25, -0.2) is 4.98 Å². The highest BCUT2D eigenvalue weighted by Gasteiger charge is 2.18. The summed E-state index contributed by atoms with van der Waals surface area (Å²) in [5.74, 6) is 0.890. The van der Waals surface area contributed by atoms with Crippen molar-refractivity contribution in [2.24, 2.45) is 0 Å². The van der Waals surface area contributed by atoms with Crippen LogP contribution >= 0.6 is 11.6 Å². The van der Waals surface area contributed by atoms with Crippen molar-refractivity contribution in [3.05, 3.63) is 53.1 Å². The standard InChI is InChI=1S/C16H11ClN4O4/c17-13-10(2-1-5-18-13)14-20-16(25-21-14)15(22)19-7-9-3-4-11-12(6-9)24-8-23-11/h1-6H,7-8H2,(H,19,22). The molecule has 0 radical (unpaired) electrons. The Morgan fingerprint density at radius 1 is 1.24 bits per heavy atom. The van der Waals surface area contributed by atoms with Gasteiger partial charge in [0.05, 0.1) is 5.56 Å². The van der Waals surface area contributed by atoms with E-state index in [1.807, 2.05) is 6.07 Å². The lowest BCUT2D eigenvalue weighted by Crippen LogP contribution is -2.23. The molecule has 8 nitrogen and oxygen atoms in total. The Labute approximate surface area is 146 Å². The number of rotatable bonds is 4. The van der Waals surface area contributed by atoms with E-state index < -0.39 is 5.91 Å². The molecule has 0 saturated carbocycles. The van der Waals surface area contributed by atoms with Crippen LogP contribution in [0.15, 0.2) is 41.1 Å². The first-order chi connectivity index (χ1) is 12.2. The Hall–Kier alpha value is -3.13. The molecule has 1 aromatic carbocycles. The number of fused-ring (bicyclic) bond motifs is 1. The van der Waals surface area contributed by atoms with E-state index in [2.05, 4.69) is 20.4 Å². The lowest BCUT2D eigenvalue weighted by Gasteiger charge is -2.03. The number of hydrogen-bond donors (Lipinski definition) is 1. The maximum atomic E-state index is 12.2. The topological polar surface area (TPSA) is 99.4 Å². The number of nitrogens with one attached hydrogen (secondary N) is 1. The summed E-state index contributed by atoms with van der Waals surface area (Å²) in [5.41, 5.74) is 1.34. The number of halogens is 1. The normalized spacial score (nSPS) is 12.2. The molecule has 0 spiro atoms. The minimum absolute atomic E-state index is 0.157. The van der Waals surface area contributed by atoms with Gasteiger partial charge in [0.25, 0.3) is 0 Å². The van der Waals surface area contributed by atoms with Crippen molar-refractivity contribution in [1.29, 1.82) is 0 Å². The van der Waals surface area contributed by atoms with Gasteiger partial charge < -0.3 is 19.3 Å². The molecule has 0 fully saturated rings. The van der Waals surface area contributed by atoms with E-state index >= 15 is 0 Å². The van der Waals surface area contributed by atoms with Crippen LogP contribution in [0.2, 0.25) is 5.15 Å². The Balaban J connectivity index is 1.44. The number of pyridine rings is 1. The van der Waals surface area contributed by atoms with E-state index in [0.717, 1.165) is 5.56 Å². The fourth-order valence-electron chi connectivity index (χ4n) is 2.29. The number of hydrogen-bond acceptors (Lipinski definition) is 7. The van der Waals surface area contributed by atoms with Crippen LogP contribution in [0.5, 0.6) is 11.5 Å². The third-order valence-electron chi connectivity index (χ3n) is 3.51. The van der Waals surface area contributed by atoms with Gasteiger partial charge in [-0.2, -0.15) is 4.98 Å². The monoisotopic (exact) mass is 358 g/mol. The molecule has 0 saturated heterocycles. The quantitative estimate of drug-likeness (QED) is 0.715. The van der Waals surface area contributed by atoms with Gasteiger partial charge in [0, 0.05) is 12.7 Å². The van der Waals surface area contributed by atoms with Gasteiger partial charge in [-0.1, -0.05) is 22.8 Å². The minimum atomic E-state index is -0.489. The number of aromatic nitrogens is 3. The summed E-state index contributed by atoms with van der Waals surface area (Å²) in [5, 5.41) is 6.70. The summed E-state index contributed by atoms with van der Waals surface area (Å²) >= 11 is 5.98. The van der Waals surface area contributed by atoms with Crippen molar-refractivity contribution in [1.82, 2.24) is 20.4 Å². The maximum absolute atomic E-state index is 12.2. The van der Waals surface area contributed by atoms with Gasteiger partial charge in [-0.05, 0) is 29.8 Å². The SMILES string of the molecule is O=C(NCc1ccc2c(c1)OCO2)c1nc(-c2cccnc2Cl)no1. The van der Waals surface area contributed by atoms with Crippen LogP contribution < -0.4 is 14.8 Å². The number of nitrogens with zero attached hydrogens (tertiary/aromatic N) is 3. The van der Waals surface area contributed by atoms with Gasteiger partial charge in [-0.15, -0.1) is 0 Å². The molecule has 0 bridgehead atoms. The second-order valence-electron chi connectivity index (χ2n) is 5.14. The van der Waals surface area contributed by atoms with E-state index in [9.17, 15) is 4.79 Å². The van der Waals surface area contributed by atoms with Crippen LogP contribution in [0.4, 0.5) is 0 Å². The number of amides is 1. The van der Waals surface area contributed by atoms with Gasteiger partial charge in [0.1, 0.15) is 5.15 Å². The summed E-state index contributed by atoms with van der Waals surface area (Å²) < 4.78 is 15.5. The molecule has 1 aliphatic heterocycles. The van der Waals surface area contributed by atoms with Crippen LogP contribution in [0.3, 0.4) is 0 Å². The average Bonchev–Trinajstić information content (AvgIpc) is 3.29. The van der Waals surface area contributed by atoms with Crippen LogP contribution in [0.25, 0.3) is 11.4 Å². The van der Waals surface area contributed by atoms with Gasteiger partial charge >= 0.3 is 11.8 Å². The highest BCUT2D eigenvalue weighted by Crippen LogP contribution is 2.32. The van der Waals surface area contributed by atoms with Crippen LogP contribution in [-0.4, -0.2) is 27.8 Å². The van der Waals surface area contributed by atoms with Crippen molar-refractivity contribution in [2.75, 3.05) is 6.79 Å². The molecule has 0 unspecified atom stereocenters. The molecule has 25 heavy (non-hydrogen) atoms. The minimum Gasteiger partial charge on any atom is -0.454 e. The molecule has 0 aliphatic carbocycles. The first kappa shape index (κ1) is 15.4. The molecule has 126 valence electrons. The van der Waals surface area contributed by atoms with E-state index in [1.54, 1.807) is 30.5 Å². The second kappa shape index (κ2) is 6.40. The van der Waals surface area contributed by atoms with Gasteiger partial charge in [0.2, 0.25) is 12.6 Å². The number of carbonyl (C=O) groups excluding carboxylic acids is 1. The number of carbonyl (C=O) groups is 1. The molecular weight excluding hydrogens is 348 g/mol. The largest absolute Gasteiger partial charge is 0.454 e. The van der Waals surface area contributed by atoms with Crippen LogP contribution in [0, 0.1) is 0 Å². The molecular formula is C16H11ClN4O4. The van der Waals surface area contributed by atoms with E-state index in [0.29, 0.717) is 17.1 Å². The Kier molecular flexibility index (Phi) is 3.95. The zero-order valence-corrected chi connectivity index (χ0v) is 13.5. The Morgan fingerprint density at radius 3 is 3.00 bits per heavy atom. The summed E-state index contributed by atoms with van der Waals surface area (Å²) in [7, 11) is 0. The zero-order chi connectivity index (χ0) is 17.2. The Bertz CT molecular complexity index is 943. The average molecular weight is 359 g/mol. The highest BCUT2D eigenvalue weighted by molar-refractivity contribution is 6.31. The molecule has 1 aliphatic rings. The second-order valence-corrected chi connectivity index (χ2v) is 5.49. The lowest BCUT2D eigenvalue weighted by atomic mass is 10.2. The molecule has 9 heteroatoms. The summed E-state index contributed by atoms with van der Waals surface area (Å²) in [6, 6.07) is 8.81. The van der Waals surface area contributed by atoms with Crippen molar-refractivity contribution in [2.45, 2.75) is 6.54 Å². The molecule has 0 atom stereocenters. The molecule has 3 aromatic rings. The third kappa shape index (κ3) is 3.11. The van der Waals surface area contributed by atoms with Crippen LogP contribution in [-0.2, 0) is 6.54 Å². The molecule has 2 aromatic heterocycles. The van der Waals surface area contributed by atoms with Gasteiger partial charge in [-0.3, -0.25) is 4.79 Å². The predicted molar refractivity (Wildman–Crippen MR) is 86.3 cm³/mol. The molecule has 4 rings (SSSR count). The first-order valence-corrected chi connectivity index (χ1v) is 7.70. The number of benzene rings is 1. The highest BCUT2D eigenvalue weighted by atomic mass is 35.5. The van der Waals surface area contributed by atoms with Crippen molar-refractivity contribution >= 4 is 17.5 Å². The third-order valence-corrected chi connectivity index (χ3v) is 3.81. The summed E-state index contributed by atoms with van der Waals surface area (Å²) in [6.45, 7) is 0.480. The van der Waals surface area contributed by atoms with E-state index in [-0.39, 0.29) is 30.2 Å². The zero-order valence-electron chi connectivity index (χ0n) is 12.7. The van der Waals surface area contributed by atoms with E-state index in [1.165, 1.54) is 0 Å². The van der Waals surface area contributed by atoms with Crippen molar-refractivity contribution < 1.29 is 18.8 Å². The van der Waals surface area contributed by atoms with Gasteiger partial charge in [0.15, 0.2) is 11.5 Å². The number of ether oxygens (including phenoxy) is 2.